The van der Waals surface area contributed by atoms with Gasteiger partial charge in [0.1, 0.15) is 0 Å². The number of piperidine rings is 1. The Balaban J connectivity index is 1.80. The number of rotatable bonds is 3. The Hall–Kier alpha value is -1.78. The molecule has 4 nitrogen and oxygen atoms in total. The maximum Gasteiger partial charge on any atom is 0.257 e. The van der Waals surface area contributed by atoms with Crippen molar-refractivity contribution < 1.29 is 4.79 Å². The fraction of sp³-hybridized carbons (Fsp3) is 0.294. The van der Waals surface area contributed by atoms with Crippen LogP contribution in [0.1, 0.15) is 29.6 Å². The van der Waals surface area contributed by atoms with E-state index in [4.69, 9.17) is 23.2 Å². The van der Waals surface area contributed by atoms with Gasteiger partial charge in [-0.05, 0) is 37.5 Å². The topological polar surface area (TPSA) is 45.2 Å². The number of hydrogen-bond acceptors (Lipinski definition) is 3. The number of carbonyl (C=O) groups excluding carboxylic acids is 1. The molecule has 23 heavy (non-hydrogen) atoms. The largest absolute Gasteiger partial charge is 0.370 e. The number of nitrogens with zero attached hydrogens (tertiary/aromatic N) is 2. The number of nitrogens with one attached hydrogen (secondary N) is 1. The number of anilines is 2. The highest BCUT2D eigenvalue weighted by atomic mass is 35.5. The second-order valence-electron chi connectivity index (χ2n) is 5.53. The maximum atomic E-state index is 12.5. The van der Waals surface area contributed by atoms with Gasteiger partial charge in [0.25, 0.3) is 5.91 Å². The van der Waals surface area contributed by atoms with Gasteiger partial charge in [-0.3, -0.25) is 9.78 Å². The van der Waals surface area contributed by atoms with Crippen molar-refractivity contribution in [1.29, 1.82) is 0 Å². The minimum absolute atomic E-state index is 0.272. The Morgan fingerprint density at radius 2 is 1.78 bits per heavy atom. The molecule has 1 N–H and O–H groups in total. The number of pyridine rings is 1. The van der Waals surface area contributed by atoms with Crippen LogP contribution in [0.25, 0.3) is 0 Å². The fourth-order valence-electron chi connectivity index (χ4n) is 2.68. The molecule has 0 radical (unpaired) electrons. The lowest BCUT2D eigenvalue weighted by Gasteiger charge is -2.28. The molecule has 1 fully saturated rings. The summed E-state index contributed by atoms with van der Waals surface area (Å²) in [5.41, 5.74) is 1.89. The van der Waals surface area contributed by atoms with E-state index < -0.39 is 0 Å². The predicted octanol–water partition coefficient (Wildman–Crippen LogP) is 4.63. The summed E-state index contributed by atoms with van der Waals surface area (Å²) >= 11 is 12.2. The van der Waals surface area contributed by atoms with Crippen molar-refractivity contribution in [3.63, 3.8) is 0 Å². The second kappa shape index (κ2) is 7.20. The summed E-state index contributed by atoms with van der Waals surface area (Å²) in [6, 6.07) is 6.97. The molecule has 1 aromatic heterocycles. The lowest BCUT2D eigenvalue weighted by atomic mass is 10.1. The highest BCUT2D eigenvalue weighted by Crippen LogP contribution is 2.30. The zero-order valence-electron chi connectivity index (χ0n) is 12.6. The molecule has 3 rings (SSSR count). The zero-order chi connectivity index (χ0) is 16.2. The van der Waals surface area contributed by atoms with Crippen LogP contribution in [0.4, 0.5) is 11.4 Å². The van der Waals surface area contributed by atoms with Crippen molar-refractivity contribution in [3.05, 3.63) is 52.3 Å². The summed E-state index contributed by atoms with van der Waals surface area (Å²) in [7, 11) is 0. The molecule has 1 saturated heterocycles. The van der Waals surface area contributed by atoms with E-state index in [-0.39, 0.29) is 5.91 Å². The van der Waals surface area contributed by atoms with Crippen molar-refractivity contribution in [1.82, 2.24) is 4.98 Å². The summed E-state index contributed by atoms with van der Waals surface area (Å²) in [6.45, 7) is 2.01. The monoisotopic (exact) mass is 349 g/mol. The Morgan fingerprint density at radius 1 is 1.09 bits per heavy atom. The van der Waals surface area contributed by atoms with Crippen LogP contribution in [0.15, 0.2) is 36.7 Å². The molecule has 1 aliphatic heterocycles. The molecule has 1 aromatic carbocycles. The normalized spacial score (nSPS) is 14.6. The Kier molecular flexibility index (Phi) is 5.03. The quantitative estimate of drug-likeness (QED) is 0.878. The zero-order valence-corrected chi connectivity index (χ0v) is 14.1. The highest BCUT2D eigenvalue weighted by Gasteiger charge is 2.15. The van der Waals surface area contributed by atoms with Gasteiger partial charge in [-0.15, -0.1) is 0 Å². The summed E-state index contributed by atoms with van der Waals surface area (Å²) < 4.78 is 0. The van der Waals surface area contributed by atoms with Crippen LogP contribution in [0.2, 0.25) is 10.0 Å². The first-order valence-corrected chi connectivity index (χ1v) is 8.36. The van der Waals surface area contributed by atoms with Crippen molar-refractivity contribution in [2.45, 2.75) is 19.3 Å². The van der Waals surface area contributed by atoms with E-state index in [1.165, 1.54) is 19.3 Å². The third-order valence-corrected chi connectivity index (χ3v) is 4.54. The number of aromatic nitrogens is 1. The van der Waals surface area contributed by atoms with Crippen molar-refractivity contribution in [2.75, 3.05) is 23.3 Å². The third-order valence-electron chi connectivity index (χ3n) is 3.91. The van der Waals surface area contributed by atoms with Crippen molar-refractivity contribution in [2.24, 2.45) is 0 Å². The molecule has 1 amide bonds. The smallest absolute Gasteiger partial charge is 0.257 e. The average Bonchev–Trinajstić information content (AvgIpc) is 2.59. The maximum absolute atomic E-state index is 12.5. The lowest BCUT2D eigenvalue weighted by Crippen LogP contribution is -2.29. The third kappa shape index (κ3) is 3.77. The number of halogens is 2. The van der Waals surface area contributed by atoms with Gasteiger partial charge in [-0.1, -0.05) is 29.3 Å². The van der Waals surface area contributed by atoms with Gasteiger partial charge in [-0.2, -0.15) is 0 Å². The summed E-state index contributed by atoms with van der Waals surface area (Å²) in [5, 5.41) is 3.58. The van der Waals surface area contributed by atoms with Crippen LogP contribution in [0.3, 0.4) is 0 Å². The van der Waals surface area contributed by atoms with E-state index >= 15 is 0 Å². The summed E-state index contributed by atoms with van der Waals surface area (Å²) in [4.78, 5) is 18.9. The van der Waals surface area contributed by atoms with Crippen molar-refractivity contribution >= 4 is 40.5 Å². The molecule has 0 unspecified atom stereocenters. The van der Waals surface area contributed by atoms with Crippen LogP contribution in [0, 0.1) is 0 Å². The second-order valence-corrected chi connectivity index (χ2v) is 6.34. The van der Waals surface area contributed by atoms with E-state index in [0.29, 0.717) is 21.3 Å². The molecule has 0 saturated carbocycles. The van der Waals surface area contributed by atoms with Crippen LogP contribution < -0.4 is 10.2 Å². The van der Waals surface area contributed by atoms with Crippen molar-refractivity contribution in [3.8, 4) is 0 Å². The van der Waals surface area contributed by atoms with Crippen LogP contribution >= 0.6 is 23.2 Å². The van der Waals surface area contributed by atoms with E-state index in [1.54, 1.807) is 30.6 Å². The van der Waals surface area contributed by atoms with Gasteiger partial charge >= 0.3 is 0 Å². The van der Waals surface area contributed by atoms with E-state index in [2.05, 4.69) is 15.2 Å². The van der Waals surface area contributed by atoms with Crippen LogP contribution in [-0.2, 0) is 0 Å². The molecular weight excluding hydrogens is 333 g/mol. The minimum Gasteiger partial charge on any atom is -0.370 e. The number of carbonyl (C=O) groups is 1. The number of para-hydroxylation sites is 1. The highest BCUT2D eigenvalue weighted by molar-refractivity contribution is 6.40. The van der Waals surface area contributed by atoms with Gasteiger partial charge in [0.05, 0.1) is 33.2 Å². The molecule has 6 heteroatoms. The molecule has 0 bridgehead atoms. The number of amides is 1. The first-order chi connectivity index (χ1) is 11.1. The summed E-state index contributed by atoms with van der Waals surface area (Å²) in [6.07, 6.45) is 6.95. The van der Waals surface area contributed by atoms with Gasteiger partial charge in [0.2, 0.25) is 0 Å². The SMILES string of the molecule is O=C(Nc1c(Cl)cccc1Cl)c1cncc(N2CCCCC2)c1. The first kappa shape index (κ1) is 16.1. The number of hydrogen-bond donors (Lipinski definition) is 1. The van der Waals surface area contributed by atoms with Crippen LogP contribution in [-0.4, -0.2) is 24.0 Å². The van der Waals surface area contributed by atoms with E-state index in [9.17, 15) is 4.79 Å². The van der Waals surface area contributed by atoms with E-state index in [1.807, 2.05) is 6.07 Å². The van der Waals surface area contributed by atoms with Gasteiger partial charge in [-0.25, -0.2) is 0 Å². The Labute approximate surface area is 145 Å². The molecule has 2 heterocycles. The minimum atomic E-state index is -0.272. The Morgan fingerprint density at radius 3 is 2.48 bits per heavy atom. The molecule has 0 spiro atoms. The lowest BCUT2D eigenvalue weighted by molar-refractivity contribution is 0.102. The van der Waals surface area contributed by atoms with Gasteiger partial charge < -0.3 is 10.2 Å². The van der Waals surface area contributed by atoms with Gasteiger partial charge in [0, 0.05) is 19.3 Å². The molecule has 1 aliphatic rings. The molecule has 2 aromatic rings. The summed E-state index contributed by atoms with van der Waals surface area (Å²) in [5.74, 6) is -0.272. The predicted molar refractivity (Wildman–Crippen MR) is 94.7 cm³/mol. The van der Waals surface area contributed by atoms with Crippen LogP contribution in [0.5, 0.6) is 0 Å². The fourth-order valence-corrected chi connectivity index (χ4v) is 3.17. The molecule has 0 aliphatic carbocycles. The molecular formula is C17H17Cl2N3O. The Bertz CT molecular complexity index is 694. The standard InChI is InChI=1S/C17H17Cl2N3O/c18-14-5-4-6-15(19)16(14)21-17(23)12-9-13(11-20-10-12)22-7-2-1-3-8-22/h4-6,9-11H,1-3,7-8H2,(H,21,23). The number of benzene rings is 1. The average molecular weight is 350 g/mol. The molecule has 120 valence electrons. The van der Waals surface area contributed by atoms with E-state index in [0.717, 1.165) is 18.8 Å². The van der Waals surface area contributed by atoms with Gasteiger partial charge in [0.15, 0.2) is 0 Å². The first-order valence-electron chi connectivity index (χ1n) is 7.60. The molecule has 0 atom stereocenters.